The maximum absolute atomic E-state index is 12.5. The molecule has 2 saturated heterocycles. The number of nitrogens with one attached hydrogen (secondary N) is 3. The number of anilines is 1. The standard InChI is InChI=1S/C26H34N4O7/c1-16-20(23(31)32)22(21(24(33)34)17(2)28-16)18-5-3-6-19(15-18)29-25(35)27-9-4-10-30-11-7-26(8-12-30)36-13-14-37-26/h3,5-6,15,22,28H,4,7-14H2,1-2H3,(H,31,32)(H,33,34)(H2,27,29,35). The van der Waals surface area contributed by atoms with E-state index in [4.69, 9.17) is 9.47 Å². The Kier molecular flexibility index (Phi) is 8.16. The number of carboxylic acid groups (broad SMARTS) is 2. The summed E-state index contributed by atoms with van der Waals surface area (Å²) in [7, 11) is 0. The van der Waals surface area contributed by atoms with Crippen LogP contribution in [0.4, 0.5) is 10.5 Å². The largest absolute Gasteiger partial charge is 0.478 e. The molecule has 200 valence electrons. The van der Waals surface area contributed by atoms with Gasteiger partial charge in [0.15, 0.2) is 5.79 Å². The van der Waals surface area contributed by atoms with Crippen LogP contribution in [0.2, 0.25) is 0 Å². The van der Waals surface area contributed by atoms with Gasteiger partial charge < -0.3 is 40.5 Å². The molecule has 1 aromatic carbocycles. The summed E-state index contributed by atoms with van der Waals surface area (Å²) in [4.78, 5) is 38.8. The summed E-state index contributed by atoms with van der Waals surface area (Å²) in [6.45, 7) is 7.67. The van der Waals surface area contributed by atoms with Gasteiger partial charge in [-0.3, -0.25) is 0 Å². The first-order valence-corrected chi connectivity index (χ1v) is 12.5. The molecule has 3 aliphatic rings. The molecule has 2 fully saturated rings. The van der Waals surface area contributed by atoms with Crippen molar-refractivity contribution in [2.45, 2.75) is 44.8 Å². The van der Waals surface area contributed by atoms with Crippen LogP contribution in [0, 0.1) is 0 Å². The molecule has 3 aliphatic heterocycles. The van der Waals surface area contributed by atoms with Crippen LogP contribution < -0.4 is 16.0 Å². The number of ether oxygens (including phenoxy) is 2. The fourth-order valence-electron chi connectivity index (χ4n) is 5.27. The number of allylic oxidation sites excluding steroid dienone is 2. The number of amides is 2. The Morgan fingerprint density at radius 2 is 1.68 bits per heavy atom. The highest BCUT2D eigenvalue weighted by atomic mass is 16.7. The van der Waals surface area contributed by atoms with Gasteiger partial charge in [0.2, 0.25) is 0 Å². The molecule has 0 radical (unpaired) electrons. The maximum atomic E-state index is 12.5. The van der Waals surface area contributed by atoms with Crippen molar-refractivity contribution in [3.8, 4) is 0 Å². The van der Waals surface area contributed by atoms with Gasteiger partial charge in [0, 0.05) is 49.6 Å². The highest BCUT2D eigenvalue weighted by Crippen LogP contribution is 2.39. The zero-order chi connectivity index (χ0) is 26.6. The van der Waals surface area contributed by atoms with Crippen LogP contribution in [0.15, 0.2) is 46.8 Å². The number of aliphatic carboxylic acids is 2. The van der Waals surface area contributed by atoms with Crippen molar-refractivity contribution < 1.29 is 34.1 Å². The van der Waals surface area contributed by atoms with Crippen LogP contribution in [-0.4, -0.2) is 78.3 Å². The molecule has 0 saturated carbocycles. The Labute approximate surface area is 215 Å². The second-order valence-electron chi connectivity index (χ2n) is 9.55. The zero-order valence-corrected chi connectivity index (χ0v) is 21.1. The lowest BCUT2D eigenvalue weighted by atomic mass is 9.80. The molecule has 1 aromatic rings. The van der Waals surface area contributed by atoms with Gasteiger partial charge in [-0.25, -0.2) is 14.4 Å². The van der Waals surface area contributed by atoms with Crippen LogP contribution in [0.5, 0.6) is 0 Å². The molecule has 0 bridgehead atoms. The average Bonchev–Trinajstić information content (AvgIpc) is 3.30. The van der Waals surface area contributed by atoms with Crippen LogP contribution in [-0.2, 0) is 19.1 Å². The molecule has 11 nitrogen and oxygen atoms in total. The lowest BCUT2D eigenvalue weighted by molar-refractivity contribution is -0.185. The lowest BCUT2D eigenvalue weighted by Crippen LogP contribution is -2.45. The summed E-state index contributed by atoms with van der Waals surface area (Å²) >= 11 is 0. The second-order valence-corrected chi connectivity index (χ2v) is 9.55. The van der Waals surface area contributed by atoms with E-state index in [1.165, 1.54) is 0 Å². The molecular formula is C26H34N4O7. The Hall–Kier alpha value is -3.41. The zero-order valence-electron chi connectivity index (χ0n) is 21.1. The SMILES string of the molecule is CC1=C(C(=O)O)C(c2cccc(NC(=O)NCCCN3CCC4(CC3)OCCO4)c2)C(C(=O)O)=C(C)N1. The molecule has 37 heavy (non-hydrogen) atoms. The first-order chi connectivity index (χ1) is 17.7. The first-order valence-electron chi connectivity index (χ1n) is 12.5. The summed E-state index contributed by atoms with van der Waals surface area (Å²) in [6.07, 6.45) is 2.49. The number of benzene rings is 1. The molecule has 0 aromatic heterocycles. The number of nitrogens with zero attached hydrogens (tertiary/aromatic N) is 1. The molecule has 5 N–H and O–H groups in total. The monoisotopic (exact) mass is 514 g/mol. The van der Waals surface area contributed by atoms with Gasteiger partial charge in [0.1, 0.15) is 0 Å². The van der Waals surface area contributed by atoms with E-state index in [2.05, 4.69) is 20.9 Å². The van der Waals surface area contributed by atoms with E-state index in [1.54, 1.807) is 38.1 Å². The molecule has 4 rings (SSSR count). The molecule has 2 amide bonds. The Morgan fingerprint density at radius 3 is 2.27 bits per heavy atom. The van der Waals surface area contributed by atoms with Crippen LogP contribution >= 0.6 is 0 Å². The van der Waals surface area contributed by atoms with Crippen molar-refractivity contribution in [2.75, 3.05) is 44.7 Å². The molecule has 0 atom stereocenters. The van der Waals surface area contributed by atoms with Gasteiger partial charge in [-0.05, 0) is 44.5 Å². The number of carboxylic acids is 2. The van der Waals surface area contributed by atoms with E-state index in [9.17, 15) is 24.6 Å². The predicted octanol–water partition coefficient (Wildman–Crippen LogP) is 2.44. The van der Waals surface area contributed by atoms with Gasteiger partial charge in [-0.2, -0.15) is 0 Å². The van der Waals surface area contributed by atoms with Crippen molar-refractivity contribution in [1.82, 2.24) is 15.5 Å². The van der Waals surface area contributed by atoms with Crippen LogP contribution in [0.25, 0.3) is 0 Å². The third-order valence-electron chi connectivity index (χ3n) is 7.07. The smallest absolute Gasteiger partial charge is 0.334 e. The number of dihydropyridines is 1. The Balaban J connectivity index is 1.32. The van der Waals surface area contributed by atoms with Gasteiger partial charge >= 0.3 is 18.0 Å². The van der Waals surface area contributed by atoms with E-state index in [1.807, 2.05) is 0 Å². The lowest BCUT2D eigenvalue weighted by Gasteiger charge is -2.37. The minimum Gasteiger partial charge on any atom is -0.478 e. The summed E-state index contributed by atoms with van der Waals surface area (Å²) in [5.41, 5.74) is 1.58. The molecular weight excluding hydrogens is 480 g/mol. The Bertz CT molecular complexity index is 1080. The number of carbonyl (C=O) groups excluding carboxylic acids is 1. The molecule has 3 heterocycles. The summed E-state index contributed by atoms with van der Waals surface area (Å²) in [6, 6.07) is 6.23. The summed E-state index contributed by atoms with van der Waals surface area (Å²) < 4.78 is 11.5. The van der Waals surface area contributed by atoms with E-state index in [-0.39, 0.29) is 17.2 Å². The fourth-order valence-corrected chi connectivity index (χ4v) is 5.27. The number of carbonyl (C=O) groups is 3. The van der Waals surface area contributed by atoms with Crippen molar-refractivity contribution in [2.24, 2.45) is 0 Å². The van der Waals surface area contributed by atoms with Gasteiger partial charge in [0.25, 0.3) is 0 Å². The third-order valence-corrected chi connectivity index (χ3v) is 7.07. The van der Waals surface area contributed by atoms with Crippen LogP contribution in [0.3, 0.4) is 0 Å². The van der Waals surface area contributed by atoms with Crippen molar-refractivity contribution >= 4 is 23.7 Å². The predicted molar refractivity (Wildman–Crippen MR) is 135 cm³/mol. The van der Waals surface area contributed by atoms with E-state index < -0.39 is 23.6 Å². The quantitative estimate of drug-likeness (QED) is 0.330. The molecule has 11 heteroatoms. The second kappa shape index (κ2) is 11.3. The number of likely N-dealkylation sites (tertiary alicyclic amines) is 1. The van der Waals surface area contributed by atoms with E-state index in [0.717, 1.165) is 38.9 Å². The number of hydrogen-bond donors (Lipinski definition) is 5. The van der Waals surface area contributed by atoms with E-state index >= 15 is 0 Å². The Morgan fingerprint density at radius 1 is 1.05 bits per heavy atom. The van der Waals surface area contributed by atoms with E-state index in [0.29, 0.717) is 42.4 Å². The minimum atomic E-state index is -1.20. The van der Waals surface area contributed by atoms with Gasteiger partial charge in [0.05, 0.1) is 30.3 Å². The maximum Gasteiger partial charge on any atom is 0.334 e. The topological polar surface area (TPSA) is 149 Å². The molecule has 0 aliphatic carbocycles. The van der Waals surface area contributed by atoms with Crippen molar-refractivity contribution in [1.29, 1.82) is 0 Å². The van der Waals surface area contributed by atoms with Crippen LogP contribution in [0.1, 0.15) is 44.6 Å². The van der Waals surface area contributed by atoms with Gasteiger partial charge in [-0.1, -0.05) is 12.1 Å². The fraction of sp³-hybridized carbons (Fsp3) is 0.500. The number of rotatable bonds is 8. The molecule has 0 unspecified atom stereocenters. The third kappa shape index (κ3) is 6.12. The normalized spacial score (nSPS) is 20.2. The average molecular weight is 515 g/mol. The number of piperidine rings is 1. The minimum absolute atomic E-state index is 0.0423. The molecule has 1 spiro atoms. The number of urea groups is 1. The summed E-state index contributed by atoms with van der Waals surface area (Å²) in [5, 5.41) is 28.1. The highest BCUT2D eigenvalue weighted by molar-refractivity contribution is 5.98. The van der Waals surface area contributed by atoms with Gasteiger partial charge in [-0.15, -0.1) is 0 Å². The highest BCUT2D eigenvalue weighted by Gasteiger charge is 2.39. The number of hydrogen-bond acceptors (Lipinski definition) is 7. The first kappa shape index (κ1) is 26.6. The van der Waals surface area contributed by atoms with Crippen molar-refractivity contribution in [3.05, 3.63) is 52.4 Å². The van der Waals surface area contributed by atoms with Crippen molar-refractivity contribution in [3.63, 3.8) is 0 Å². The summed E-state index contributed by atoms with van der Waals surface area (Å²) in [5.74, 6) is -3.78.